The minimum absolute atomic E-state index is 0.0500. The van der Waals surface area contributed by atoms with E-state index in [1.165, 1.54) is 6.20 Å². The Morgan fingerprint density at radius 1 is 1.40 bits per heavy atom. The number of nitriles is 1. The number of nitrogens with zero attached hydrogens (tertiary/aromatic N) is 6. The number of nitrogen functional groups attached to an aromatic ring is 1. The first-order valence-corrected chi connectivity index (χ1v) is 6.15. The molecule has 20 heavy (non-hydrogen) atoms. The molecule has 0 radical (unpaired) electrons. The zero-order valence-electron chi connectivity index (χ0n) is 10.7. The number of aliphatic hydroxyl groups excluding tert-OH is 1. The Morgan fingerprint density at radius 3 is 2.95 bits per heavy atom. The van der Waals surface area contributed by atoms with Gasteiger partial charge >= 0.3 is 0 Å². The Kier molecular flexibility index (Phi) is 2.96. The van der Waals surface area contributed by atoms with Crippen LogP contribution in [0.2, 0.25) is 0 Å². The van der Waals surface area contributed by atoms with E-state index in [1.54, 1.807) is 10.9 Å². The van der Waals surface area contributed by atoms with Crippen molar-refractivity contribution in [3.63, 3.8) is 0 Å². The predicted octanol–water partition coefficient (Wildman–Crippen LogP) is -0.361. The highest BCUT2D eigenvalue weighted by molar-refractivity contribution is 5.51. The lowest BCUT2D eigenvalue weighted by Crippen LogP contribution is -2.20. The molecular formula is C12H13N7O. The molecule has 0 fully saturated rings. The molecule has 0 bridgehead atoms. The topological polar surface area (TPSA) is 117 Å². The zero-order chi connectivity index (χ0) is 14.1. The monoisotopic (exact) mass is 271 g/mol. The molecule has 1 aliphatic rings. The first-order valence-electron chi connectivity index (χ1n) is 6.15. The normalized spacial score (nSPS) is 13.3. The van der Waals surface area contributed by atoms with Crippen molar-refractivity contribution in [3.05, 3.63) is 29.2 Å². The van der Waals surface area contributed by atoms with Crippen molar-refractivity contribution in [2.75, 3.05) is 17.2 Å². The number of nitrogens with two attached hydrogens (primary N) is 1. The molecule has 8 heteroatoms. The van der Waals surface area contributed by atoms with Crippen molar-refractivity contribution in [1.82, 2.24) is 19.7 Å². The third-order valence-corrected chi connectivity index (χ3v) is 3.26. The van der Waals surface area contributed by atoms with Gasteiger partial charge in [0.1, 0.15) is 17.5 Å². The van der Waals surface area contributed by atoms with E-state index in [0.717, 1.165) is 11.3 Å². The first kappa shape index (κ1) is 12.4. The second kappa shape index (κ2) is 4.79. The van der Waals surface area contributed by atoms with Gasteiger partial charge in [-0.05, 0) is 0 Å². The minimum Gasteiger partial charge on any atom is -0.394 e. The van der Waals surface area contributed by atoms with E-state index in [0.29, 0.717) is 25.6 Å². The van der Waals surface area contributed by atoms with Crippen LogP contribution in [0.3, 0.4) is 0 Å². The molecule has 0 saturated heterocycles. The van der Waals surface area contributed by atoms with Crippen LogP contribution < -0.4 is 10.6 Å². The van der Waals surface area contributed by atoms with Crippen molar-refractivity contribution < 1.29 is 5.11 Å². The lowest BCUT2D eigenvalue weighted by Gasteiger charge is -2.16. The Bertz CT molecular complexity index is 688. The van der Waals surface area contributed by atoms with Crippen LogP contribution in [0.25, 0.3) is 0 Å². The third kappa shape index (κ3) is 1.94. The van der Waals surface area contributed by atoms with E-state index in [-0.39, 0.29) is 18.0 Å². The number of anilines is 2. The average Bonchev–Trinajstić information content (AvgIpc) is 3.01. The number of fused-ring (bicyclic) bond motifs is 1. The maximum Gasteiger partial charge on any atom is 0.228 e. The summed E-state index contributed by atoms with van der Waals surface area (Å²) in [5, 5.41) is 22.0. The molecule has 0 aromatic carbocycles. The third-order valence-electron chi connectivity index (χ3n) is 3.26. The Morgan fingerprint density at radius 2 is 2.25 bits per heavy atom. The molecule has 0 unspecified atom stereocenters. The number of hydrogen-bond acceptors (Lipinski definition) is 7. The fourth-order valence-corrected chi connectivity index (χ4v) is 2.26. The van der Waals surface area contributed by atoms with E-state index in [2.05, 4.69) is 15.1 Å². The van der Waals surface area contributed by atoms with Crippen LogP contribution in [0.1, 0.15) is 16.8 Å². The summed E-state index contributed by atoms with van der Waals surface area (Å²) in [4.78, 5) is 10.3. The summed E-state index contributed by atoms with van der Waals surface area (Å²) in [7, 11) is 0. The molecule has 3 heterocycles. The first-order chi connectivity index (χ1) is 9.72. The van der Waals surface area contributed by atoms with E-state index in [1.807, 2.05) is 11.0 Å². The van der Waals surface area contributed by atoms with Gasteiger partial charge in [0.25, 0.3) is 0 Å². The number of aliphatic hydroxyl groups is 1. The van der Waals surface area contributed by atoms with Gasteiger partial charge in [-0.1, -0.05) is 0 Å². The fourth-order valence-electron chi connectivity index (χ4n) is 2.26. The van der Waals surface area contributed by atoms with Gasteiger partial charge in [-0.25, -0.2) is 4.98 Å². The summed E-state index contributed by atoms with van der Waals surface area (Å²) in [6, 6.07) is 1.94. The molecule has 102 valence electrons. The molecule has 1 aliphatic heterocycles. The molecular weight excluding hydrogens is 258 g/mol. The summed E-state index contributed by atoms with van der Waals surface area (Å²) in [6.07, 6.45) is 3.22. The van der Waals surface area contributed by atoms with Crippen molar-refractivity contribution >= 4 is 11.8 Å². The fraction of sp³-hybridized carbons (Fsp3) is 0.333. The van der Waals surface area contributed by atoms with Crippen LogP contribution >= 0.6 is 0 Å². The van der Waals surface area contributed by atoms with Gasteiger partial charge in [-0.15, -0.1) is 0 Å². The highest BCUT2D eigenvalue weighted by Crippen LogP contribution is 2.26. The van der Waals surface area contributed by atoms with Crippen molar-refractivity contribution in [3.8, 4) is 6.07 Å². The van der Waals surface area contributed by atoms with Gasteiger partial charge < -0.3 is 15.7 Å². The summed E-state index contributed by atoms with van der Waals surface area (Å²) >= 11 is 0. The lowest BCUT2D eigenvalue weighted by molar-refractivity contribution is 0.267. The van der Waals surface area contributed by atoms with Gasteiger partial charge in [-0.3, -0.25) is 4.68 Å². The minimum atomic E-state index is 0.0500. The van der Waals surface area contributed by atoms with Gasteiger partial charge in [0.15, 0.2) is 0 Å². The molecule has 3 N–H and O–H groups in total. The highest BCUT2D eigenvalue weighted by atomic mass is 16.3. The smallest absolute Gasteiger partial charge is 0.228 e. The average molecular weight is 271 g/mol. The summed E-state index contributed by atoms with van der Waals surface area (Å²) in [5.41, 5.74) is 8.12. The van der Waals surface area contributed by atoms with Gasteiger partial charge in [0.05, 0.1) is 37.8 Å². The predicted molar refractivity (Wildman–Crippen MR) is 70.4 cm³/mol. The molecule has 8 nitrogen and oxygen atoms in total. The van der Waals surface area contributed by atoms with E-state index < -0.39 is 0 Å². The maximum absolute atomic E-state index is 9.00. The van der Waals surface area contributed by atoms with E-state index in [9.17, 15) is 0 Å². The second-order valence-corrected chi connectivity index (χ2v) is 4.50. The number of hydrogen-bond donors (Lipinski definition) is 2. The van der Waals surface area contributed by atoms with Crippen molar-refractivity contribution in [2.45, 2.75) is 19.6 Å². The van der Waals surface area contributed by atoms with E-state index in [4.69, 9.17) is 16.1 Å². The SMILES string of the molecule is N#Cc1cnc(N2Cc3cnn(CCO)c3C2)nc1N. The van der Waals surface area contributed by atoms with E-state index >= 15 is 0 Å². The van der Waals surface area contributed by atoms with Crippen LogP contribution in [0, 0.1) is 11.3 Å². The Labute approximate surface area is 115 Å². The quantitative estimate of drug-likeness (QED) is 0.782. The molecule has 0 amide bonds. The second-order valence-electron chi connectivity index (χ2n) is 4.50. The number of rotatable bonds is 3. The zero-order valence-corrected chi connectivity index (χ0v) is 10.7. The van der Waals surface area contributed by atoms with Crippen LogP contribution in [-0.2, 0) is 19.6 Å². The maximum atomic E-state index is 9.00. The van der Waals surface area contributed by atoms with Gasteiger partial charge in [-0.2, -0.15) is 15.3 Å². The van der Waals surface area contributed by atoms with Crippen molar-refractivity contribution in [2.24, 2.45) is 0 Å². The van der Waals surface area contributed by atoms with Crippen molar-refractivity contribution in [1.29, 1.82) is 5.26 Å². The molecule has 0 saturated carbocycles. The lowest BCUT2D eigenvalue weighted by atomic mass is 10.3. The highest BCUT2D eigenvalue weighted by Gasteiger charge is 2.25. The molecule has 0 atom stereocenters. The van der Waals surface area contributed by atoms with Crippen LogP contribution in [0.5, 0.6) is 0 Å². The van der Waals surface area contributed by atoms with Crippen LogP contribution in [0.4, 0.5) is 11.8 Å². The summed E-state index contributed by atoms with van der Waals surface area (Å²) in [5.74, 6) is 0.679. The molecule has 3 rings (SSSR count). The standard InChI is InChI=1S/C12H13N7O/c13-3-8-4-15-12(17-11(8)14)18-6-9-5-16-19(1-2-20)10(9)7-18/h4-5,20H,1-2,6-7H2,(H2,14,15,17). The van der Waals surface area contributed by atoms with Crippen LogP contribution in [-0.4, -0.2) is 31.5 Å². The molecule has 0 spiro atoms. The van der Waals surface area contributed by atoms with Gasteiger partial charge in [0, 0.05) is 12.1 Å². The van der Waals surface area contributed by atoms with Gasteiger partial charge in [0.2, 0.25) is 5.95 Å². The largest absolute Gasteiger partial charge is 0.394 e. The molecule has 0 aliphatic carbocycles. The molecule has 2 aromatic heterocycles. The Balaban J connectivity index is 1.85. The Hall–Kier alpha value is -2.66. The summed E-state index contributed by atoms with van der Waals surface area (Å²) in [6.45, 7) is 1.78. The van der Waals surface area contributed by atoms with Crippen LogP contribution in [0.15, 0.2) is 12.4 Å². The molecule has 2 aromatic rings. The number of aromatic nitrogens is 4. The summed E-state index contributed by atoms with van der Waals surface area (Å²) < 4.78 is 1.78.